The predicted molar refractivity (Wildman–Crippen MR) is 95.4 cm³/mol. The summed E-state index contributed by atoms with van der Waals surface area (Å²) in [7, 11) is 1.62. The van der Waals surface area contributed by atoms with Crippen LogP contribution in [0.25, 0.3) is 11.0 Å². The van der Waals surface area contributed by atoms with Crippen LogP contribution < -0.4 is 10.3 Å². The van der Waals surface area contributed by atoms with Gasteiger partial charge in [-0.15, -0.1) is 0 Å². The largest absolute Gasteiger partial charge is 0.497 e. The number of rotatable bonds is 7. The molecule has 128 valence electrons. The molecule has 2 aromatic rings. The molecule has 2 unspecified atom stereocenters. The van der Waals surface area contributed by atoms with Gasteiger partial charge in [0.05, 0.1) is 18.1 Å². The summed E-state index contributed by atoms with van der Waals surface area (Å²) in [5, 5.41) is 0. The lowest BCUT2D eigenvalue weighted by Crippen LogP contribution is -2.15. The van der Waals surface area contributed by atoms with E-state index in [1.54, 1.807) is 7.11 Å². The van der Waals surface area contributed by atoms with Gasteiger partial charge in [-0.2, -0.15) is 0 Å². The Morgan fingerprint density at radius 3 is 2.92 bits per heavy atom. The van der Waals surface area contributed by atoms with Crippen molar-refractivity contribution in [3.63, 3.8) is 0 Å². The number of aryl methyl sites for hydroxylation is 1. The molecule has 1 aromatic carbocycles. The van der Waals surface area contributed by atoms with Crippen LogP contribution in [0.1, 0.15) is 50.6 Å². The SMILES string of the molecule is COc1ccc2nc(CCCCC[C@H]3CCC4CC43)c(=O)[nH]c2c1. The van der Waals surface area contributed by atoms with Gasteiger partial charge < -0.3 is 9.72 Å². The normalized spacial score (nSPS) is 25.0. The summed E-state index contributed by atoms with van der Waals surface area (Å²) in [5.41, 5.74) is 2.17. The lowest BCUT2D eigenvalue weighted by molar-refractivity contribution is 0.415. The minimum Gasteiger partial charge on any atom is -0.497 e. The van der Waals surface area contributed by atoms with E-state index >= 15 is 0 Å². The third-order valence-corrected chi connectivity index (χ3v) is 5.95. The van der Waals surface area contributed by atoms with Gasteiger partial charge >= 0.3 is 0 Å². The highest BCUT2D eigenvalue weighted by Crippen LogP contribution is 2.56. The molecule has 4 nitrogen and oxygen atoms in total. The van der Waals surface area contributed by atoms with Crippen LogP contribution in [0.5, 0.6) is 5.75 Å². The number of nitrogens with one attached hydrogen (secondary N) is 1. The molecular weight excluding hydrogens is 300 g/mol. The molecule has 0 spiro atoms. The third-order valence-electron chi connectivity index (χ3n) is 5.95. The number of unbranched alkanes of at least 4 members (excludes halogenated alkanes) is 2. The van der Waals surface area contributed by atoms with Crippen molar-refractivity contribution >= 4 is 11.0 Å². The molecule has 0 saturated heterocycles. The van der Waals surface area contributed by atoms with Crippen LogP contribution in [0.3, 0.4) is 0 Å². The van der Waals surface area contributed by atoms with Gasteiger partial charge in [0.15, 0.2) is 0 Å². The zero-order valence-corrected chi connectivity index (χ0v) is 14.4. The van der Waals surface area contributed by atoms with Crippen molar-refractivity contribution in [2.75, 3.05) is 7.11 Å². The Kier molecular flexibility index (Phi) is 4.30. The summed E-state index contributed by atoms with van der Waals surface area (Å²) >= 11 is 0. The zero-order valence-electron chi connectivity index (χ0n) is 14.4. The fourth-order valence-electron chi connectivity index (χ4n) is 4.46. The van der Waals surface area contributed by atoms with Gasteiger partial charge in [0.2, 0.25) is 0 Å². The summed E-state index contributed by atoms with van der Waals surface area (Å²) in [6.07, 6.45) is 10.2. The number of benzene rings is 1. The van der Waals surface area contributed by atoms with Crippen molar-refractivity contribution in [3.8, 4) is 5.75 Å². The quantitative estimate of drug-likeness (QED) is 0.780. The van der Waals surface area contributed by atoms with Crippen molar-refractivity contribution in [1.82, 2.24) is 9.97 Å². The summed E-state index contributed by atoms with van der Waals surface area (Å²) in [6.45, 7) is 0. The van der Waals surface area contributed by atoms with E-state index < -0.39 is 0 Å². The predicted octanol–water partition coefficient (Wildman–Crippen LogP) is 4.08. The number of nitrogens with zero attached hydrogens (tertiary/aromatic N) is 1. The Balaban J connectivity index is 1.30. The Bertz CT molecular complexity index is 783. The molecule has 4 rings (SSSR count). The van der Waals surface area contributed by atoms with Gasteiger partial charge in [0, 0.05) is 6.07 Å². The lowest BCUT2D eigenvalue weighted by atomic mass is 9.96. The number of hydrogen-bond donors (Lipinski definition) is 1. The lowest BCUT2D eigenvalue weighted by Gasteiger charge is -2.10. The Hall–Kier alpha value is -1.84. The minimum absolute atomic E-state index is 0.0626. The van der Waals surface area contributed by atoms with Gasteiger partial charge in [0.1, 0.15) is 11.4 Å². The van der Waals surface area contributed by atoms with Crippen LogP contribution in [0.15, 0.2) is 23.0 Å². The van der Waals surface area contributed by atoms with E-state index in [2.05, 4.69) is 9.97 Å². The fourth-order valence-corrected chi connectivity index (χ4v) is 4.46. The molecule has 2 aliphatic carbocycles. The number of aromatic amines is 1. The smallest absolute Gasteiger partial charge is 0.270 e. The van der Waals surface area contributed by atoms with E-state index in [9.17, 15) is 4.79 Å². The molecule has 0 bridgehead atoms. The molecule has 2 saturated carbocycles. The third kappa shape index (κ3) is 3.19. The number of methoxy groups -OCH3 is 1. The van der Waals surface area contributed by atoms with E-state index in [-0.39, 0.29) is 5.56 Å². The van der Waals surface area contributed by atoms with Crippen LogP contribution in [0.4, 0.5) is 0 Å². The summed E-state index contributed by atoms with van der Waals surface area (Å²) in [6, 6.07) is 5.60. The molecule has 0 radical (unpaired) electrons. The van der Waals surface area contributed by atoms with E-state index in [0.717, 1.165) is 47.4 Å². The second-order valence-corrected chi connectivity index (χ2v) is 7.49. The highest BCUT2D eigenvalue weighted by atomic mass is 16.5. The van der Waals surface area contributed by atoms with Crippen molar-refractivity contribution < 1.29 is 4.74 Å². The van der Waals surface area contributed by atoms with Crippen LogP contribution in [0.2, 0.25) is 0 Å². The van der Waals surface area contributed by atoms with Gasteiger partial charge in [-0.1, -0.05) is 19.3 Å². The van der Waals surface area contributed by atoms with Crippen LogP contribution in [-0.2, 0) is 6.42 Å². The molecule has 0 amide bonds. The average molecular weight is 326 g/mol. The van der Waals surface area contributed by atoms with E-state index in [1.165, 1.54) is 38.5 Å². The van der Waals surface area contributed by atoms with Gasteiger partial charge in [-0.25, -0.2) is 4.98 Å². The number of hydrogen-bond acceptors (Lipinski definition) is 3. The highest BCUT2D eigenvalue weighted by Gasteiger charge is 2.47. The van der Waals surface area contributed by atoms with Crippen molar-refractivity contribution in [2.45, 2.75) is 51.4 Å². The summed E-state index contributed by atoms with van der Waals surface area (Å²) < 4.78 is 5.19. The first kappa shape index (κ1) is 15.7. The van der Waals surface area contributed by atoms with Crippen molar-refractivity contribution in [3.05, 3.63) is 34.2 Å². The molecule has 4 heteroatoms. The van der Waals surface area contributed by atoms with Gasteiger partial charge in [-0.05, 0) is 62.0 Å². The second-order valence-electron chi connectivity index (χ2n) is 7.49. The first-order valence-corrected chi connectivity index (χ1v) is 9.31. The first-order valence-electron chi connectivity index (χ1n) is 9.31. The van der Waals surface area contributed by atoms with E-state index in [1.807, 2.05) is 18.2 Å². The van der Waals surface area contributed by atoms with E-state index in [4.69, 9.17) is 4.74 Å². The van der Waals surface area contributed by atoms with Crippen LogP contribution in [0, 0.1) is 17.8 Å². The maximum Gasteiger partial charge on any atom is 0.270 e. The average Bonchev–Trinajstić information content (AvgIpc) is 3.27. The Morgan fingerprint density at radius 1 is 1.25 bits per heavy atom. The van der Waals surface area contributed by atoms with Gasteiger partial charge in [0.25, 0.3) is 5.56 Å². The summed E-state index contributed by atoms with van der Waals surface area (Å²) in [4.78, 5) is 19.7. The molecule has 0 aliphatic heterocycles. The Labute approximate surface area is 142 Å². The Morgan fingerprint density at radius 2 is 2.17 bits per heavy atom. The monoisotopic (exact) mass is 326 g/mol. The van der Waals surface area contributed by atoms with Crippen LogP contribution >= 0.6 is 0 Å². The first-order chi connectivity index (χ1) is 11.7. The number of aromatic nitrogens is 2. The standard InChI is InChI=1S/C20H26N2O2/c1-24-15-9-10-17-19(12-15)22-20(23)18(21-17)6-4-2-3-5-13-7-8-14-11-16(13)14/h9-10,12-14,16H,2-8,11H2,1H3,(H,22,23)/t13-,14?,16?/m0/s1. The summed E-state index contributed by atoms with van der Waals surface area (Å²) in [5.74, 6) is 3.91. The maximum absolute atomic E-state index is 12.2. The highest BCUT2D eigenvalue weighted by molar-refractivity contribution is 5.75. The molecule has 1 aromatic heterocycles. The molecule has 24 heavy (non-hydrogen) atoms. The number of fused-ring (bicyclic) bond motifs is 2. The van der Waals surface area contributed by atoms with E-state index in [0.29, 0.717) is 5.69 Å². The van der Waals surface area contributed by atoms with Crippen molar-refractivity contribution in [1.29, 1.82) is 0 Å². The molecule has 2 aliphatic rings. The number of H-pyrrole nitrogens is 1. The maximum atomic E-state index is 12.2. The topological polar surface area (TPSA) is 55.0 Å². The molecule has 2 fully saturated rings. The zero-order chi connectivity index (χ0) is 16.5. The second kappa shape index (κ2) is 6.58. The van der Waals surface area contributed by atoms with Crippen molar-refractivity contribution in [2.24, 2.45) is 17.8 Å². The molecule has 1 heterocycles. The fraction of sp³-hybridized carbons (Fsp3) is 0.600. The molecule has 3 atom stereocenters. The number of ether oxygens (including phenoxy) is 1. The minimum atomic E-state index is -0.0626. The molecule has 1 N–H and O–H groups in total. The molecular formula is C20H26N2O2. The van der Waals surface area contributed by atoms with Crippen LogP contribution in [-0.4, -0.2) is 17.1 Å². The van der Waals surface area contributed by atoms with Gasteiger partial charge in [-0.3, -0.25) is 4.79 Å².